The topological polar surface area (TPSA) is 60.5 Å². The van der Waals surface area contributed by atoms with E-state index in [1.165, 1.54) is 11.3 Å². The minimum absolute atomic E-state index is 0.190. The monoisotopic (exact) mass is 304 g/mol. The molecule has 2 heterocycles. The molecule has 3 rings (SSSR count). The van der Waals surface area contributed by atoms with Crippen molar-refractivity contribution in [1.29, 1.82) is 0 Å². The van der Waals surface area contributed by atoms with Gasteiger partial charge >= 0.3 is 0 Å². The molecule has 21 heavy (non-hydrogen) atoms. The van der Waals surface area contributed by atoms with Crippen molar-refractivity contribution in [1.82, 2.24) is 10.3 Å². The van der Waals surface area contributed by atoms with Crippen LogP contribution in [0.25, 0.3) is 0 Å². The molecule has 0 aliphatic carbocycles. The van der Waals surface area contributed by atoms with E-state index in [4.69, 9.17) is 9.47 Å². The molecule has 1 amide bonds. The second-order valence-electron chi connectivity index (χ2n) is 4.91. The van der Waals surface area contributed by atoms with Crippen LogP contribution >= 0.6 is 11.3 Å². The molecule has 1 aromatic carbocycles. The normalized spacial score (nSPS) is 20.1. The Bertz CT molecular complexity index is 656. The van der Waals surface area contributed by atoms with Gasteiger partial charge in [0.05, 0.1) is 6.54 Å². The van der Waals surface area contributed by atoms with E-state index in [9.17, 15) is 4.79 Å². The van der Waals surface area contributed by atoms with Gasteiger partial charge in [-0.15, -0.1) is 11.3 Å². The van der Waals surface area contributed by atoms with Gasteiger partial charge in [-0.05, 0) is 26.0 Å². The predicted molar refractivity (Wildman–Crippen MR) is 79.6 cm³/mol. The standard InChI is InChI=1S/C15H16N2O3S/c1-9-8-21-13(17-9)7-16-15(18)14-10(2)19-11-5-3-4-6-12(11)20-14/h3-6,8,10,14H,7H2,1-2H3,(H,16,18). The average Bonchev–Trinajstić information content (AvgIpc) is 2.89. The first-order valence-electron chi connectivity index (χ1n) is 6.74. The second kappa shape index (κ2) is 5.73. The molecule has 0 saturated heterocycles. The van der Waals surface area contributed by atoms with Crippen LogP contribution in [0.2, 0.25) is 0 Å². The highest BCUT2D eigenvalue weighted by Crippen LogP contribution is 2.33. The third-order valence-electron chi connectivity index (χ3n) is 3.18. The van der Waals surface area contributed by atoms with Gasteiger partial charge < -0.3 is 14.8 Å². The van der Waals surface area contributed by atoms with E-state index in [-0.39, 0.29) is 12.0 Å². The molecule has 0 spiro atoms. The molecule has 1 aromatic heterocycles. The SMILES string of the molecule is Cc1csc(CNC(=O)C2Oc3ccccc3OC2C)n1. The number of aryl methyl sites for hydroxylation is 1. The van der Waals surface area contributed by atoms with Crippen LogP contribution in [0, 0.1) is 6.92 Å². The summed E-state index contributed by atoms with van der Waals surface area (Å²) in [4.78, 5) is 16.6. The summed E-state index contributed by atoms with van der Waals surface area (Å²) in [5.41, 5.74) is 0.962. The van der Waals surface area contributed by atoms with Crippen molar-refractivity contribution in [2.75, 3.05) is 0 Å². The number of hydrogen-bond donors (Lipinski definition) is 1. The van der Waals surface area contributed by atoms with Gasteiger partial charge in [-0.25, -0.2) is 4.98 Å². The fraction of sp³-hybridized carbons (Fsp3) is 0.333. The van der Waals surface area contributed by atoms with Crippen molar-refractivity contribution in [3.05, 3.63) is 40.3 Å². The Morgan fingerprint density at radius 3 is 2.71 bits per heavy atom. The van der Waals surface area contributed by atoms with Gasteiger partial charge in [-0.1, -0.05) is 12.1 Å². The zero-order chi connectivity index (χ0) is 14.8. The van der Waals surface area contributed by atoms with E-state index in [1.54, 1.807) is 6.07 Å². The number of aromatic nitrogens is 1. The highest BCUT2D eigenvalue weighted by atomic mass is 32.1. The van der Waals surface area contributed by atoms with Gasteiger partial charge in [0.1, 0.15) is 11.1 Å². The maximum atomic E-state index is 12.3. The Balaban J connectivity index is 1.65. The third-order valence-corrected chi connectivity index (χ3v) is 4.15. The molecule has 1 aliphatic heterocycles. The molecule has 6 heteroatoms. The fourth-order valence-corrected chi connectivity index (χ4v) is 2.86. The molecule has 110 valence electrons. The van der Waals surface area contributed by atoms with E-state index >= 15 is 0 Å². The Morgan fingerprint density at radius 2 is 2.05 bits per heavy atom. The number of fused-ring (bicyclic) bond motifs is 1. The maximum Gasteiger partial charge on any atom is 0.265 e. The van der Waals surface area contributed by atoms with Crippen LogP contribution in [0.15, 0.2) is 29.6 Å². The van der Waals surface area contributed by atoms with Crippen molar-refractivity contribution in [2.45, 2.75) is 32.6 Å². The number of benzene rings is 1. The first kappa shape index (κ1) is 13.9. The van der Waals surface area contributed by atoms with Gasteiger partial charge in [0, 0.05) is 11.1 Å². The van der Waals surface area contributed by atoms with E-state index in [1.807, 2.05) is 37.4 Å². The molecule has 2 unspecified atom stereocenters. The summed E-state index contributed by atoms with van der Waals surface area (Å²) in [6.07, 6.45) is -0.987. The lowest BCUT2D eigenvalue weighted by Crippen LogP contribution is -2.48. The minimum Gasteiger partial charge on any atom is -0.482 e. The number of nitrogens with one attached hydrogen (secondary N) is 1. The van der Waals surface area contributed by atoms with Crippen LogP contribution in [0.3, 0.4) is 0 Å². The van der Waals surface area contributed by atoms with Gasteiger partial charge in [-0.3, -0.25) is 4.79 Å². The number of carbonyl (C=O) groups is 1. The van der Waals surface area contributed by atoms with Crippen LogP contribution in [-0.4, -0.2) is 23.1 Å². The molecule has 0 bridgehead atoms. The summed E-state index contributed by atoms with van der Waals surface area (Å²) in [7, 11) is 0. The molecular formula is C15H16N2O3S. The number of thiazole rings is 1. The summed E-state index contributed by atoms with van der Waals surface area (Å²) in [6, 6.07) is 7.36. The second-order valence-corrected chi connectivity index (χ2v) is 5.85. The summed E-state index contributed by atoms with van der Waals surface area (Å²) >= 11 is 1.53. The van der Waals surface area contributed by atoms with Gasteiger partial charge in [0.2, 0.25) is 6.10 Å². The zero-order valence-corrected chi connectivity index (χ0v) is 12.6. The maximum absolute atomic E-state index is 12.3. The van der Waals surface area contributed by atoms with Crippen LogP contribution in [0.5, 0.6) is 11.5 Å². The number of ether oxygens (including phenoxy) is 2. The third kappa shape index (κ3) is 3.00. The Morgan fingerprint density at radius 1 is 1.33 bits per heavy atom. The number of nitrogens with zero attached hydrogens (tertiary/aromatic N) is 1. The van der Waals surface area contributed by atoms with E-state index in [2.05, 4.69) is 10.3 Å². The summed E-state index contributed by atoms with van der Waals surface area (Å²) in [5, 5.41) is 5.69. The van der Waals surface area contributed by atoms with E-state index in [0.29, 0.717) is 18.0 Å². The molecule has 0 radical (unpaired) electrons. The fourth-order valence-electron chi connectivity index (χ4n) is 2.15. The molecule has 2 aromatic rings. The van der Waals surface area contributed by atoms with Crippen molar-refractivity contribution < 1.29 is 14.3 Å². The summed E-state index contributed by atoms with van der Waals surface area (Å²) in [5.74, 6) is 1.08. The van der Waals surface area contributed by atoms with Gasteiger partial charge in [-0.2, -0.15) is 0 Å². The molecular weight excluding hydrogens is 288 g/mol. The summed E-state index contributed by atoms with van der Waals surface area (Å²) in [6.45, 7) is 4.16. The number of para-hydroxylation sites is 2. The molecule has 1 N–H and O–H groups in total. The van der Waals surface area contributed by atoms with Gasteiger partial charge in [0.15, 0.2) is 11.5 Å². The number of amides is 1. The summed E-state index contributed by atoms with van der Waals surface area (Å²) < 4.78 is 11.5. The van der Waals surface area contributed by atoms with Crippen LogP contribution < -0.4 is 14.8 Å². The predicted octanol–water partition coefficient (Wildman–Crippen LogP) is 2.30. The molecule has 1 aliphatic rings. The smallest absolute Gasteiger partial charge is 0.265 e. The van der Waals surface area contributed by atoms with E-state index < -0.39 is 6.10 Å². The lowest BCUT2D eigenvalue weighted by Gasteiger charge is -2.30. The Hall–Kier alpha value is -2.08. The quantitative estimate of drug-likeness (QED) is 0.945. The number of rotatable bonds is 3. The van der Waals surface area contributed by atoms with Crippen molar-refractivity contribution in [2.24, 2.45) is 0 Å². The highest BCUT2D eigenvalue weighted by molar-refractivity contribution is 7.09. The minimum atomic E-state index is -0.652. The lowest BCUT2D eigenvalue weighted by atomic mass is 10.1. The van der Waals surface area contributed by atoms with Crippen molar-refractivity contribution in [3.63, 3.8) is 0 Å². The zero-order valence-electron chi connectivity index (χ0n) is 11.8. The first-order valence-corrected chi connectivity index (χ1v) is 7.62. The average molecular weight is 304 g/mol. The van der Waals surface area contributed by atoms with Gasteiger partial charge in [0.25, 0.3) is 5.91 Å². The first-order chi connectivity index (χ1) is 10.1. The van der Waals surface area contributed by atoms with Crippen LogP contribution in [0.1, 0.15) is 17.6 Å². The Labute approximate surface area is 126 Å². The highest BCUT2D eigenvalue weighted by Gasteiger charge is 2.33. The molecule has 0 fully saturated rings. The Kier molecular flexibility index (Phi) is 3.79. The van der Waals surface area contributed by atoms with Crippen molar-refractivity contribution in [3.8, 4) is 11.5 Å². The molecule has 0 saturated carbocycles. The lowest BCUT2D eigenvalue weighted by molar-refractivity contribution is -0.133. The molecule has 5 nitrogen and oxygen atoms in total. The van der Waals surface area contributed by atoms with E-state index in [0.717, 1.165) is 10.7 Å². The number of hydrogen-bond acceptors (Lipinski definition) is 5. The van der Waals surface area contributed by atoms with Crippen LogP contribution in [0.4, 0.5) is 0 Å². The molecule has 2 atom stereocenters. The number of carbonyl (C=O) groups excluding carboxylic acids is 1. The largest absolute Gasteiger partial charge is 0.482 e. The van der Waals surface area contributed by atoms with Crippen LogP contribution in [-0.2, 0) is 11.3 Å². The van der Waals surface area contributed by atoms with Crippen molar-refractivity contribution >= 4 is 17.2 Å².